The van der Waals surface area contributed by atoms with Crippen molar-refractivity contribution in [3.63, 3.8) is 0 Å². The lowest BCUT2D eigenvalue weighted by Crippen LogP contribution is -2.48. The summed E-state index contributed by atoms with van der Waals surface area (Å²) < 4.78 is 10.8. The van der Waals surface area contributed by atoms with Crippen LogP contribution in [0, 0.1) is 11.3 Å². The van der Waals surface area contributed by atoms with Gasteiger partial charge >= 0.3 is 0 Å². The fourth-order valence-corrected chi connectivity index (χ4v) is 1.49. The average Bonchev–Trinajstić information content (AvgIpc) is 2.27. The van der Waals surface area contributed by atoms with E-state index in [0.717, 1.165) is 19.4 Å². The molecule has 0 amide bonds. The molecular formula is C13H26N2O2. The molecule has 0 aliphatic carbocycles. The first-order chi connectivity index (χ1) is 8.04. The largest absolute Gasteiger partial charge is 0.379 e. The van der Waals surface area contributed by atoms with E-state index in [9.17, 15) is 0 Å². The molecule has 0 heterocycles. The van der Waals surface area contributed by atoms with Crippen molar-refractivity contribution >= 4 is 0 Å². The molecule has 0 fully saturated rings. The molecule has 0 saturated heterocycles. The van der Waals surface area contributed by atoms with Gasteiger partial charge < -0.3 is 9.47 Å². The summed E-state index contributed by atoms with van der Waals surface area (Å²) in [6.45, 7) is 10.3. The van der Waals surface area contributed by atoms with Gasteiger partial charge in [-0.2, -0.15) is 5.26 Å². The molecule has 17 heavy (non-hydrogen) atoms. The lowest BCUT2D eigenvalue weighted by Gasteiger charge is -2.25. The SMILES string of the molecule is CCCCOCCOCC(C)(C#N)NC(C)C. The van der Waals surface area contributed by atoms with Crippen molar-refractivity contribution in [1.82, 2.24) is 5.32 Å². The van der Waals surface area contributed by atoms with Gasteiger partial charge in [-0.1, -0.05) is 13.3 Å². The van der Waals surface area contributed by atoms with E-state index in [1.165, 1.54) is 0 Å². The molecule has 0 aromatic rings. The van der Waals surface area contributed by atoms with Crippen LogP contribution < -0.4 is 5.32 Å². The molecule has 0 bridgehead atoms. The Hall–Kier alpha value is -0.630. The summed E-state index contributed by atoms with van der Waals surface area (Å²) in [7, 11) is 0. The minimum absolute atomic E-state index is 0.268. The van der Waals surface area contributed by atoms with Gasteiger partial charge in [0.15, 0.2) is 0 Å². The maximum atomic E-state index is 9.08. The molecule has 0 spiro atoms. The van der Waals surface area contributed by atoms with E-state index >= 15 is 0 Å². The zero-order valence-electron chi connectivity index (χ0n) is 11.6. The third-order valence-electron chi connectivity index (χ3n) is 2.26. The summed E-state index contributed by atoms with van der Waals surface area (Å²) in [5.74, 6) is 0. The zero-order chi connectivity index (χ0) is 13.1. The van der Waals surface area contributed by atoms with Gasteiger partial charge in [0.2, 0.25) is 0 Å². The minimum Gasteiger partial charge on any atom is -0.379 e. The average molecular weight is 242 g/mol. The van der Waals surface area contributed by atoms with Gasteiger partial charge in [-0.3, -0.25) is 5.32 Å². The Morgan fingerprint density at radius 1 is 1.24 bits per heavy atom. The normalized spacial score (nSPS) is 14.6. The van der Waals surface area contributed by atoms with Crippen LogP contribution in [0.3, 0.4) is 0 Å². The summed E-state index contributed by atoms with van der Waals surface area (Å²) in [5, 5.41) is 12.3. The van der Waals surface area contributed by atoms with Crippen LogP contribution >= 0.6 is 0 Å². The van der Waals surface area contributed by atoms with E-state index in [1.54, 1.807) is 0 Å². The molecule has 1 unspecified atom stereocenters. The second kappa shape index (κ2) is 9.41. The number of hydrogen-bond acceptors (Lipinski definition) is 4. The lowest BCUT2D eigenvalue weighted by molar-refractivity contribution is 0.0302. The number of hydrogen-bond donors (Lipinski definition) is 1. The van der Waals surface area contributed by atoms with E-state index < -0.39 is 5.54 Å². The Bertz CT molecular complexity index is 226. The Morgan fingerprint density at radius 2 is 1.88 bits per heavy atom. The molecule has 0 aliphatic heterocycles. The van der Waals surface area contributed by atoms with Crippen LogP contribution in [0.25, 0.3) is 0 Å². The first-order valence-corrected chi connectivity index (χ1v) is 6.38. The highest BCUT2D eigenvalue weighted by molar-refractivity contribution is 5.04. The predicted octanol–water partition coefficient (Wildman–Crippen LogP) is 2.10. The van der Waals surface area contributed by atoms with Gasteiger partial charge in [0.1, 0.15) is 5.54 Å². The van der Waals surface area contributed by atoms with E-state index in [-0.39, 0.29) is 6.04 Å². The maximum Gasteiger partial charge on any atom is 0.127 e. The number of nitrogens with one attached hydrogen (secondary N) is 1. The molecular weight excluding hydrogens is 216 g/mol. The Labute approximate surface area is 105 Å². The van der Waals surface area contributed by atoms with E-state index in [0.29, 0.717) is 19.8 Å². The van der Waals surface area contributed by atoms with Crippen LogP contribution in [0.15, 0.2) is 0 Å². The molecule has 0 aliphatic rings. The second-order valence-electron chi connectivity index (χ2n) is 4.76. The van der Waals surface area contributed by atoms with Crippen molar-refractivity contribution in [2.24, 2.45) is 0 Å². The van der Waals surface area contributed by atoms with Crippen LogP contribution in [0.4, 0.5) is 0 Å². The molecule has 0 aromatic heterocycles. The van der Waals surface area contributed by atoms with Crippen LogP contribution in [0.5, 0.6) is 0 Å². The van der Waals surface area contributed by atoms with Gasteiger partial charge in [-0.25, -0.2) is 0 Å². The predicted molar refractivity (Wildman–Crippen MR) is 68.8 cm³/mol. The molecule has 0 rings (SSSR count). The molecule has 4 nitrogen and oxygen atoms in total. The quantitative estimate of drug-likeness (QED) is 0.596. The van der Waals surface area contributed by atoms with Gasteiger partial charge in [0.25, 0.3) is 0 Å². The summed E-state index contributed by atoms with van der Waals surface area (Å²) in [5.41, 5.74) is -0.614. The van der Waals surface area contributed by atoms with Crippen molar-refractivity contribution < 1.29 is 9.47 Å². The molecule has 1 atom stereocenters. The Kier molecular flexibility index (Phi) is 9.06. The van der Waals surface area contributed by atoms with E-state index in [1.807, 2.05) is 20.8 Å². The number of unbranched alkanes of at least 4 members (excludes halogenated alkanes) is 1. The summed E-state index contributed by atoms with van der Waals surface area (Å²) in [6.07, 6.45) is 2.23. The number of ether oxygens (including phenoxy) is 2. The number of nitriles is 1. The molecule has 0 radical (unpaired) electrons. The smallest absolute Gasteiger partial charge is 0.127 e. The molecule has 0 saturated carbocycles. The first-order valence-electron chi connectivity index (χ1n) is 6.38. The second-order valence-corrected chi connectivity index (χ2v) is 4.76. The van der Waals surface area contributed by atoms with Crippen molar-refractivity contribution in [3.05, 3.63) is 0 Å². The number of rotatable bonds is 10. The third kappa shape index (κ3) is 9.11. The lowest BCUT2D eigenvalue weighted by atomic mass is 10.1. The van der Waals surface area contributed by atoms with Crippen molar-refractivity contribution in [2.45, 2.75) is 52.1 Å². The monoisotopic (exact) mass is 242 g/mol. The van der Waals surface area contributed by atoms with E-state index in [4.69, 9.17) is 14.7 Å². The van der Waals surface area contributed by atoms with Gasteiger partial charge in [-0.15, -0.1) is 0 Å². The fourth-order valence-electron chi connectivity index (χ4n) is 1.49. The van der Waals surface area contributed by atoms with Crippen molar-refractivity contribution in [2.75, 3.05) is 26.4 Å². The minimum atomic E-state index is -0.614. The molecule has 0 aromatic carbocycles. The Balaban J connectivity index is 3.60. The number of nitrogens with zero attached hydrogens (tertiary/aromatic N) is 1. The zero-order valence-corrected chi connectivity index (χ0v) is 11.6. The van der Waals surface area contributed by atoms with Crippen LogP contribution in [0.1, 0.15) is 40.5 Å². The highest BCUT2D eigenvalue weighted by Gasteiger charge is 2.24. The molecule has 1 N–H and O–H groups in total. The van der Waals surface area contributed by atoms with Crippen LogP contribution in [0.2, 0.25) is 0 Å². The fraction of sp³-hybridized carbons (Fsp3) is 0.923. The standard InChI is InChI=1S/C13H26N2O2/c1-5-6-7-16-8-9-17-11-13(4,10-14)15-12(2)3/h12,15H,5-9,11H2,1-4H3. The summed E-state index contributed by atoms with van der Waals surface area (Å²) >= 11 is 0. The maximum absolute atomic E-state index is 9.08. The van der Waals surface area contributed by atoms with Crippen molar-refractivity contribution in [3.8, 4) is 6.07 Å². The summed E-state index contributed by atoms with van der Waals surface area (Å²) in [6, 6.07) is 2.51. The van der Waals surface area contributed by atoms with E-state index in [2.05, 4.69) is 18.3 Å². The van der Waals surface area contributed by atoms with Crippen molar-refractivity contribution in [1.29, 1.82) is 5.26 Å². The third-order valence-corrected chi connectivity index (χ3v) is 2.26. The molecule has 100 valence electrons. The van der Waals surface area contributed by atoms with Crippen LogP contribution in [-0.4, -0.2) is 38.0 Å². The van der Waals surface area contributed by atoms with Gasteiger partial charge in [-0.05, 0) is 27.2 Å². The van der Waals surface area contributed by atoms with Gasteiger partial charge in [0, 0.05) is 12.6 Å². The highest BCUT2D eigenvalue weighted by atomic mass is 16.5. The summed E-state index contributed by atoms with van der Waals surface area (Å²) in [4.78, 5) is 0. The van der Waals surface area contributed by atoms with Gasteiger partial charge in [0.05, 0.1) is 25.9 Å². The first kappa shape index (κ1) is 16.4. The van der Waals surface area contributed by atoms with Crippen LogP contribution in [-0.2, 0) is 9.47 Å². The topological polar surface area (TPSA) is 54.3 Å². The molecule has 4 heteroatoms. The highest BCUT2D eigenvalue weighted by Crippen LogP contribution is 2.04. The Morgan fingerprint density at radius 3 is 2.41 bits per heavy atom.